The molecule has 0 atom stereocenters. The minimum absolute atomic E-state index is 0. The van der Waals surface area contributed by atoms with Crippen LogP contribution in [0.25, 0.3) is 12.2 Å². The Bertz CT molecular complexity index is 6120. The second-order valence-corrected chi connectivity index (χ2v) is 45.1. The molecule has 0 bridgehead atoms. The molecule has 10 aromatic rings. The SMILES string of the molecule is C#CCN1C(=O)c2ccccc2C1=O.CC1=C(/C=C/c2cccc(C#CCN)c2)C(C)(C)CCC1.CC1=C(/C=C/c2cccc(C#CCN3C(=O)c4ccccc4C3=O)c2)C(C)(C)CCC1.CC1=C(CP(Br)(c2ccccc2)(c2ccccc2)c2ccccc2)C(C)(C)CCC1.CCO.ClCCl.N=N.O.O=Cc1cccc(Br)c1.O=Cc1cccc(C#CCN2C(=O)c3ccccc3C2=O)c1.[HH]. The molecule has 0 saturated carbocycles. The fourth-order valence-corrected chi connectivity index (χ4v) is 25.6. The van der Waals surface area contributed by atoms with Gasteiger partial charge in [-0.25, -0.2) is 11.1 Å². The Kier molecular flexibility index (Phi) is 43.5. The van der Waals surface area contributed by atoms with Gasteiger partial charge in [-0.15, -0.1) is 29.6 Å². The van der Waals surface area contributed by atoms with Crippen LogP contribution in [0.2, 0.25) is 0 Å². The van der Waals surface area contributed by atoms with Gasteiger partial charge in [0.05, 0.1) is 64.9 Å². The van der Waals surface area contributed by atoms with Gasteiger partial charge in [-0.3, -0.25) is 53.1 Å². The first-order valence-electron chi connectivity index (χ1n) is 44.6. The van der Waals surface area contributed by atoms with Gasteiger partial charge in [-0.1, -0.05) is 205 Å². The Hall–Kier alpha value is -12.7. The predicted molar refractivity (Wildman–Crippen MR) is 567 cm³/mol. The van der Waals surface area contributed by atoms with E-state index in [2.05, 4.69) is 269 Å². The van der Waals surface area contributed by atoms with Crippen LogP contribution in [0.4, 0.5) is 0 Å². The van der Waals surface area contributed by atoms with Crippen LogP contribution in [0, 0.1) is 75.2 Å². The van der Waals surface area contributed by atoms with Crippen molar-refractivity contribution in [1.82, 2.24) is 14.7 Å². The Labute approximate surface area is 830 Å². The predicted octanol–water partition coefficient (Wildman–Crippen LogP) is 24.5. The molecule has 704 valence electrons. The molecule has 7 N–H and O–H groups in total. The third-order valence-corrected chi connectivity index (χ3v) is 33.9. The molecule has 3 aliphatic carbocycles. The molecule has 0 unspecified atom stereocenters. The first-order valence-corrected chi connectivity index (χ1v) is 50.9. The summed E-state index contributed by atoms with van der Waals surface area (Å²) in [4.78, 5) is 96.6. The van der Waals surface area contributed by atoms with Crippen molar-refractivity contribution >= 4 is 136 Å². The second kappa shape index (κ2) is 53.6. The molecule has 3 heterocycles. The number of alkyl halides is 2. The zero-order valence-electron chi connectivity index (χ0n) is 78.8. The van der Waals surface area contributed by atoms with Crippen molar-refractivity contribution in [3.8, 4) is 47.9 Å². The van der Waals surface area contributed by atoms with E-state index in [-0.39, 0.29) is 90.2 Å². The summed E-state index contributed by atoms with van der Waals surface area (Å²) in [5.74, 6) is 18.2. The number of carbonyl (C=O) groups is 8. The van der Waals surface area contributed by atoms with Crippen molar-refractivity contribution in [2.45, 2.75) is 127 Å². The Morgan fingerprint density at radius 2 is 0.721 bits per heavy atom. The number of aliphatic hydroxyl groups excluding tert-OH is 1. The van der Waals surface area contributed by atoms with Crippen molar-refractivity contribution in [2.75, 3.05) is 44.3 Å². The number of aliphatic hydroxyl groups is 1. The summed E-state index contributed by atoms with van der Waals surface area (Å²) in [5.41, 5.74) is 34.0. The van der Waals surface area contributed by atoms with Crippen LogP contribution in [-0.4, -0.2) is 118 Å². The quantitative estimate of drug-likeness (QED) is 0.0152. The number of fused-ring (bicyclic) bond motifs is 3. The zero-order valence-corrected chi connectivity index (χ0v) is 84.4. The van der Waals surface area contributed by atoms with Gasteiger partial charge in [0, 0.05) is 40.3 Å². The molecule has 6 amide bonds. The van der Waals surface area contributed by atoms with E-state index in [0.29, 0.717) is 56.6 Å². The summed E-state index contributed by atoms with van der Waals surface area (Å²) in [5, 5.41) is 9.07. The number of halogens is 4. The number of hydrogen-bond acceptors (Lipinski definition) is 12. The molecule has 10 aromatic carbocycles. The maximum absolute atomic E-state index is 12.4. The van der Waals surface area contributed by atoms with Gasteiger partial charge >= 0.3 is 190 Å². The van der Waals surface area contributed by atoms with Gasteiger partial charge in [0.15, 0.2) is 0 Å². The van der Waals surface area contributed by atoms with Gasteiger partial charge in [-0.2, -0.15) is 0 Å². The fourth-order valence-electron chi connectivity index (χ4n) is 17.2. The number of benzene rings is 10. The zero-order chi connectivity index (χ0) is 98.3. The number of nitrogens with two attached hydrogens (primary N) is 1. The molecule has 16 rings (SSSR count). The standard InChI is InChI=1S/C28H32BrP.C28H27NO2.C20H25N.C18H11NO3.C11H7NO2.C7H5BrO.C2H6O.CH2Cl2.H2N2.H2O.H2/c1-23-14-13-21-28(2,3)27(23)22-30(29,24-15-7-4-8-16-24,25-17-9-5-10-18-25)26-19-11-6-12-20-26;1-20-9-7-17-28(2,3)25(20)16-15-22-11-6-10-21(19-22)12-8-18-29-26(30)23-13-4-5-14-24(23)27(29)31;1-16-7-5-13-20(2,3)19(16)12-11-18-9-4-8-17(15-18)10-6-14-21;20-12-14-6-3-5-13(11-14)7-4-10-19-17(21)15-8-1-2-9-16(15)18(19)22;1-2-7-12-10(13)8-5-3-4-6-9(8)11(12)14;8-7-3-1-2-6(4-7)5-9;1-2-3;2-1-3;1-2;;/h4-12,15-20H,13-14,21-22H2,1-3H3;4-6,10-11,13-16,19H,7,9,17-18H2,1-3H3;4,8-9,11-12,15H,5,7,13-14,21H2,1-3H3;1-3,5-6,8-9,11-12H,10H2;1,3-6H,7H2;1-5H;3H,2H2,1H3;1H2;1-2H;1H2;1H/b;16-15+;12-11+;;;;;;;;. The number of imide groups is 3. The van der Waals surface area contributed by atoms with Crippen molar-refractivity contribution in [1.29, 1.82) is 11.1 Å². The van der Waals surface area contributed by atoms with Gasteiger partial charge < -0.3 is 16.3 Å². The van der Waals surface area contributed by atoms with E-state index in [1.807, 2.05) is 42.5 Å². The number of hydrogen-bond donors (Lipinski definition) is 4. The van der Waals surface area contributed by atoms with Crippen molar-refractivity contribution < 1.29 is 50.4 Å². The summed E-state index contributed by atoms with van der Waals surface area (Å²) < 4.78 is 0.937. The van der Waals surface area contributed by atoms with Crippen LogP contribution < -0.4 is 21.6 Å². The minimum Gasteiger partial charge on any atom is -0.412 e. The van der Waals surface area contributed by atoms with Crippen molar-refractivity contribution in [3.05, 3.63) is 383 Å². The molecule has 16 nitrogen and oxygen atoms in total. The summed E-state index contributed by atoms with van der Waals surface area (Å²) in [6.45, 7) is 23.6. The summed E-state index contributed by atoms with van der Waals surface area (Å²) in [7, 11) is 0. The number of allylic oxidation sites excluding steroid dienone is 8. The van der Waals surface area contributed by atoms with Crippen molar-refractivity contribution in [2.24, 2.45) is 22.0 Å². The van der Waals surface area contributed by atoms with Crippen LogP contribution >= 0.6 is 59.9 Å². The third-order valence-electron chi connectivity index (χ3n) is 23.9. The first kappa shape index (κ1) is 110. The molecule has 21 heteroatoms. The smallest absolute Gasteiger partial charge is 0.262 e. The van der Waals surface area contributed by atoms with Crippen LogP contribution in [0.5, 0.6) is 0 Å². The number of terminal acetylenes is 1. The first-order chi connectivity index (χ1) is 64.9. The second-order valence-electron chi connectivity index (χ2n) is 34.5. The Morgan fingerprint density at radius 3 is 1.02 bits per heavy atom. The summed E-state index contributed by atoms with van der Waals surface area (Å²) >= 11 is 17.4. The van der Waals surface area contributed by atoms with E-state index in [1.165, 1.54) is 106 Å². The number of amides is 6. The number of nitrogens with one attached hydrogen (secondary N) is 2. The van der Waals surface area contributed by atoms with E-state index in [4.69, 9.17) is 51.5 Å². The average Bonchev–Trinajstić information content (AvgIpc) is 1.58. The minimum atomic E-state index is -2.91. The van der Waals surface area contributed by atoms with E-state index in [9.17, 15) is 38.4 Å². The molecule has 0 radical (unpaired) electrons. The number of aldehydes is 2. The van der Waals surface area contributed by atoms with Gasteiger partial charge in [0.2, 0.25) is 0 Å². The monoisotopic (exact) mass is 2000 g/mol. The van der Waals surface area contributed by atoms with E-state index >= 15 is 0 Å². The molecule has 0 saturated heterocycles. The summed E-state index contributed by atoms with van der Waals surface area (Å²) in [6.07, 6.45) is 27.8. The van der Waals surface area contributed by atoms with Gasteiger partial charge in [-0.05, 0) is 177 Å². The largest absolute Gasteiger partial charge is 0.412 e. The van der Waals surface area contributed by atoms with Crippen LogP contribution in [0.3, 0.4) is 0 Å². The van der Waals surface area contributed by atoms with E-state index in [1.54, 1.807) is 127 Å². The van der Waals surface area contributed by atoms with E-state index < -0.39 is 5.31 Å². The van der Waals surface area contributed by atoms with Crippen molar-refractivity contribution in [3.63, 3.8) is 0 Å². The number of rotatable bonds is 14. The molecule has 6 aliphatic rings. The fraction of sp³-hybridized carbons (Fsp3) is 0.252. The van der Waals surface area contributed by atoms with Crippen LogP contribution in [0.15, 0.2) is 311 Å². The third kappa shape index (κ3) is 29.0. The molecule has 0 spiro atoms. The average molecular weight is 2010 g/mol. The molecular weight excluding hydrogens is 1890 g/mol. The Balaban J connectivity index is 0.000000255. The molecule has 3 aliphatic heterocycles. The van der Waals surface area contributed by atoms with Crippen LogP contribution in [0.1, 0.15) is 239 Å². The normalized spacial score (nSPS) is 15.1. The molecular formula is C115H121Br2Cl2N6O10P. The molecule has 0 aromatic heterocycles. The molecule has 136 heavy (non-hydrogen) atoms. The van der Waals surface area contributed by atoms with Crippen LogP contribution in [-0.2, 0) is 0 Å². The van der Waals surface area contributed by atoms with Gasteiger partial charge in [0.1, 0.15) is 12.6 Å². The Morgan fingerprint density at radius 1 is 0.434 bits per heavy atom. The summed E-state index contributed by atoms with van der Waals surface area (Å²) in [6, 6.07) is 84.3. The number of carbonyl (C=O) groups excluding carboxylic acids is 8. The maximum atomic E-state index is 12.4. The van der Waals surface area contributed by atoms with E-state index in [0.717, 1.165) is 49.7 Å². The van der Waals surface area contributed by atoms with Gasteiger partial charge in [0.25, 0.3) is 35.4 Å². The molecule has 0 fully saturated rings. The topological polar surface area (TPSA) is 272 Å². The maximum Gasteiger partial charge on any atom is 0.262 e. The number of nitrogens with zero attached hydrogens (tertiary/aromatic N) is 3.